The lowest BCUT2D eigenvalue weighted by atomic mass is 9.84. The van der Waals surface area contributed by atoms with E-state index in [2.05, 4.69) is 52.3 Å². The second-order valence-electron chi connectivity index (χ2n) is 17.3. The molecule has 0 aliphatic heterocycles. The van der Waals surface area contributed by atoms with E-state index in [9.17, 15) is 24.0 Å². The minimum Gasteiger partial charge on any atom is -0.460 e. The van der Waals surface area contributed by atoms with E-state index in [1.165, 1.54) is 18.7 Å². The predicted octanol–water partition coefficient (Wildman–Crippen LogP) is 9.15. The summed E-state index contributed by atoms with van der Waals surface area (Å²) < 4.78 is 10.6. The van der Waals surface area contributed by atoms with Crippen molar-refractivity contribution in [2.75, 3.05) is 12.4 Å². The summed E-state index contributed by atoms with van der Waals surface area (Å²) in [6.45, 7) is 6.51. The fraction of sp³-hybridized carbons (Fsp3) is 0.255. The first-order valence-corrected chi connectivity index (χ1v) is 23.1. The summed E-state index contributed by atoms with van der Waals surface area (Å²) in [4.78, 5) is 69.4. The Bertz CT molecular complexity index is 2480. The maximum Gasteiger partial charge on any atom is 0.407 e. The number of ketones is 1. The van der Waals surface area contributed by atoms with Crippen LogP contribution < -0.4 is 16.0 Å². The van der Waals surface area contributed by atoms with Crippen molar-refractivity contribution in [1.29, 1.82) is 0 Å². The fourth-order valence-electron chi connectivity index (χ4n) is 8.38. The number of nitrogens with one attached hydrogen (secondary N) is 3. The summed E-state index contributed by atoms with van der Waals surface area (Å²) >= 11 is 1.53. The molecule has 0 unspecified atom stereocenters. The van der Waals surface area contributed by atoms with Crippen molar-refractivity contribution in [2.24, 2.45) is 0 Å². The first-order valence-electron chi connectivity index (χ1n) is 22.1. The molecule has 0 saturated carbocycles. The molecule has 3 N–H and O–H groups in total. The Morgan fingerprint density at radius 3 is 1.48 bits per heavy atom. The highest BCUT2D eigenvalue weighted by molar-refractivity contribution is 8.00. The summed E-state index contributed by atoms with van der Waals surface area (Å²) in [6.07, 6.45) is -1.42. The zero-order valence-corrected chi connectivity index (χ0v) is 38.4. The van der Waals surface area contributed by atoms with Crippen LogP contribution in [-0.4, -0.2) is 65.7 Å². The van der Waals surface area contributed by atoms with Crippen LogP contribution >= 0.6 is 11.8 Å². The Hall–Kier alpha value is -6.98. The Balaban J connectivity index is 1.12. The molecule has 0 fully saturated rings. The first kappa shape index (κ1) is 47.0. The van der Waals surface area contributed by atoms with Crippen molar-refractivity contribution < 1.29 is 33.4 Å². The molecule has 0 heterocycles. The van der Waals surface area contributed by atoms with Crippen molar-refractivity contribution in [3.8, 4) is 11.1 Å². The van der Waals surface area contributed by atoms with Crippen molar-refractivity contribution in [3.05, 3.63) is 203 Å². The number of hydrogen-bond acceptors (Lipinski definition) is 8. The molecule has 0 radical (unpaired) electrons. The maximum absolute atomic E-state index is 14.5. The van der Waals surface area contributed by atoms with Gasteiger partial charge in [0.1, 0.15) is 24.3 Å². The number of ether oxygens (including phenoxy) is 2. The number of hydrogen-bond donors (Lipinski definition) is 3. The Labute approximate surface area is 390 Å². The predicted molar refractivity (Wildman–Crippen MR) is 259 cm³/mol. The number of benzene rings is 6. The molecule has 66 heavy (non-hydrogen) atoms. The maximum atomic E-state index is 14.5. The van der Waals surface area contributed by atoms with E-state index in [1.54, 1.807) is 20.8 Å². The molecule has 1 aliphatic rings. The normalized spacial score (nSPS) is 13.5. The van der Waals surface area contributed by atoms with Gasteiger partial charge < -0.3 is 25.4 Å². The number of amides is 3. The molecule has 0 aromatic heterocycles. The molecule has 10 nitrogen and oxygen atoms in total. The highest BCUT2D eigenvalue weighted by Gasteiger charge is 2.39. The van der Waals surface area contributed by atoms with Gasteiger partial charge in [0.05, 0.1) is 17.2 Å². The van der Waals surface area contributed by atoms with Crippen LogP contribution in [0.1, 0.15) is 73.4 Å². The van der Waals surface area contributed by atoms with Crippen molar-refractivity contribution in [1.82, 2.24) is 16.0 Å². The number of esters is 1. The Kier molecular flexibility index (Phi) is 15.2. The monoisotopic (exact) mass is 901 g/mol. The number of rotatable bonds is 18. The standard InChI is InChI=1S/C55H55N3O7S/c1-37(59)49(36-66-55(39-23-11-6-12-24-39,40-25-13-7-14-26-40)41-27-15-8-16-28-41)57-51(61)47(33-38-21-9-5-10-22-38)56-52(62)48(34-50(60)65-54(2,3)4)58-53(63)64-35-46-44-31-19-17-29-42(44)43-30-18-20-32-45(43)46/h5-32,46-49H,33-36H2,1-4H3,(H,56,62)(H,57,61)(H,58,63)/t47-,48-,49-/m0/s1. The van der Waals surface area contributed by atoms with Crippen LogP contribution in [0.25, 0.3) is 11.1 Å². The van der Waals surface area contributed by atoms with Gasteiger partial charge in [-0.15, -0.1) is 11.8 Å². The van der Waals surface area contributed by atoms with Gasteiger partial charge in [0.2, 0.25) is 11.8 Å². The zero-order chi connectivity index (χ0) is 46.7. The highest BCUT2D eigenvalue weighted by atomic mass is 32.2. The summed E-state index contributed by atoms with van der Waals surface area (Å²) in [5, 5.41) is 8.36. The highest BCUT2D eigenvalue weighted by Crippen LogP contribution is 2.49. The van der Waals surface area contributed by atoms with Crippen molar-refractivity contribution >= 4 is 41.4 Å². The molecule has 0 saturated heterocycles. The van der Waals surface area contributed by atoms with Gasteiger partial charge in [0, 0.05) is 18.1 Å². The lowest BCUT2D eigenvalue weighted by Crippen LogP contribution is -2.57. The van der Waals surface area contributed by atoms with Gasteiger partial charge in [0.15, 0.2) is 5.78 Å². The van der Waals surface area contributed by atoms with E-state index in [0.29, 0.717) is 0 Å². The Morgan fingerprint density at radius 2 is 1.00 bits per heavy atom. The molecule has 7 rings (SSSR count). The van der Waals surface area contributed by atoms with Crippen LogP contribution in [0.2, 0.25) is 0 Å². The molecular weight excluding hydrogens is 847 g/mol. The molecule has 3 amide bonds. The van der Waals surface area contributed by atoms with Crippen LogP contribution in [0.15, 0.2) is 170 Å². The van der Waals surface area contributed by atoms with Gasteiger partial charge in [-0.1, -0.05) is 170 Å². The summed E-state index contributed by atoms with van der Waals surface area (Å²) in [5.41, 5.74) is 6.98. The van der Waals surface area contributed by atoms with Crippen LogP contribution in [0.3, 0.4) is 0 Å². The third-order valence-corrected chi connectivity index (χ3v) is 13.1. The zero-order valence-electron chi connectivity index (χ0n) is 37.6. The van der Waals surface area contributed by atoms with Gasteiger partial charge in [-0.05, 0) is 72.2 Å². The molecule has 3 atom stereocenters. The molecular formula is C55H55N3O7S. The molecule has 338 valence electrons. The molecule has 0 bridgehead atoms. The van der Waals surface area contributed by atoms with Crippen LogP contribution in [0.4, 0.5) is 4.79 Å². The van der Waals surface area contributed by atoms with Gasteiger partial charge >= 0.3 is 12.1 Å². The van der Waals surface area contributed by atoms with E-state index in [4.69, 9.17) is 9.47 Å². The van der Waals surface area contributed by atoms with Crippen LogP contribution in [0.5, 0.6) is 0 Å². The lowest BCUT2D eigenvalue weighted by Gasteiger charge is -2.36. The number of carbonyl (C=O) groups is 5. The topological polar surface area (TPSA) is 140 Å². The van der Waals surface area contributed by atoms with Gasteiger partial charge in [-0.25, -0.2) is 4.79 Å². The van der Waals surface area contributed by atoms with E-state index in [0.717, 1.165) is 44.5 Å². The van der Waals surface area contributed by atoms with E-state index < -0.39 is 58.8 Å². The third kappa shape index (κ3) is 11.4. The second kappa shape index (κ2) is 21.3. The fourth-order valence-corrected chi connectivity index (χ4v) is 10.0. The van der Waals surface area contributed by atoms with Crippen LogP contribution in [-0.2, 0) is 39.8 Å². The minimum absolute atomic E-state index is 0.0236. The van der Waals surface area contributed by atoms with E-state index >= 15 is 0 Å². The summed E-state index contributed by atoms with van der Waals surface area (Å²) in [6, 6.07) is 51.4. The number of Topliss-reactive ketones (excluding diaryl/α,β-unsaturated/α-hetero) is 1. The number of thioether (sulfide) groups is 1. The molecule has 6 aromatic rings. The average molecular weight is 902 g/mol. The van der Waals surface area contributed by atoms with Crippen LogP contribution in [0, 0.1) is 0 Å². The van der Waals surface area contributed by atoms with Crippen molar-refractivity contribution in [3.63, 3.8) is 0 Å². The van der Waals surface area contributed by atoms with E-state index in [-0.39, 0.29) is 30.5 Å². The van der Waals surface area contributed by atoms with Gasteiger partial charge in [-0.2, -0.15) is 0 Å². The minimum atomic E-state index is -1.48. The third-order valence-electron chi connectivity index (χ3n) is 11.5. The summed E-state index contributed by atoms with van der Waals surface area (Å²) in [5.74, 6) is -2.51. The first-order chi connectivity index (χ1) is 31.8. The largest absolute Gasteiger partial charge is 0.460 e. The van der Waals surface area contributed by atoms with Crippen molar-refractivity contribution in [2.45, 2.75) is 74.9 Å². The lowest BCUT2D eigenvalue weighted by molar-refractivity contribution is -0.156. The molecule has 1 aliphatic carbocycles. The molecule has 6 aromatic carbocycles. The van der Waals surface area contributed by atoms with Gasteiger partial charge in [-0.3, -0.25) is 19.2 Å². The number of alkyl carbamates (subject to hydrolysis) is 1. The second-order valence-corrected chi connectivity index (χ2v) is 18.6. The summed E-state index contributed by atoms with van der Waals surface area (Å²) in [7, 11) is 0. The van der Waals surface area contributed by atoms with E-state index in [1.807, 2.05) is 133 Å². The number of carbonyl (C=O) groups excluding carboxylic acids is 5. The number of fused-ring (bicyclic) bond motifs is 3. The smallest absolute Gasteiger partial charge is 0.407 e. The molecule has 11 heteroatoms. The molecule has 0 spiro atoms. The Morgan fingerprint density at radius 1 is 0.561 bits per heavy atom. The SMILES string of the molecule is CC(=O)[C@H](CSC(c1ccccc1)(c1ccccc1)c1ccccc1)NC(=O)[C@H](Cc1ccccc1)NC(=O)[C@H](CC(=O)OC(C)(C)C)NC(=O)OCC1c2ccccc2-c2ccccc21. The van der Waals surface area contributed by atoms with Gasteiger partial charge in [0.25, 0.3) is 0 Å². The quantitative estimate of drug-likeness (QED) is 0.0574. The average Bonchev–Trinajstić information content (AvgIpc) is 3.64.